The van der Waals surface area contributed by atoms with Crippen LogP contribution in [0.3, 0.4) is 0 Å². The molecule has 2 heterocycles. The molecule has 0 amide bonds. The van der Waals surface area contributed by atoms with Crippen LogP contribution in [-0.2, 0) is 6.18 Å². The van der Waals surface area contributed by atoms with Crippen LogP contribution < -0.4 is 0 Å². The van der Waals surface area contributed by atoms with E-state index in [9.17, 15) is 13.2 Å². The number of nitriles is 1. The molecular formula is C8H3F3N4. The van der Waals surface area contributed by atoms with Gasteiger partial charge in [-0.1, -0.05) is 0 Å². The van der Waals surface area contributed by atoms with E-state index in [2.05, 4.69) is 10.2 Å². The Labute approximate surface area is 81.6 Å². The van der Waals surface area contributed by atoms with Crippen molar-refractivity contribution in [2.75, 3.05) is 0 Å². The maximum atomic E-state index is 12.5. The molecule has 0 spiro atoms. The number of hydrogen-bond acceptors (Lipinski definition) is 3. The first kappa shape index (κ1) is 9.45. The lowest BCUT2D eigenvalue weighted by atomic mass is 10.1. The van der Waals surface area contributed by atoms with E-state index in [-0.39, 0.29) is 5.65 Å². The van der Waals surface area contributed by atoms with Gasteiger partial charge in [0, 0.05) is 6.20 Å². The Morgan fingerprint density at radius 1 is 1.40 bits per heavy atom. The van der Waals surface area contributed by atoms with Gasteiger partial charge >= 0.3 is 6.18 Å². The summed E-state index contributed by atoms with van der Waals surface area (Å²) in [6, 6.07) is 2.28. The molecule has 0 aliphatic rings. The summed E-state index contributed by atoms with van der Waals surface area (Å²) in [6.45, 7) is 0. The normalized spacial score (nSPS) is 11.6. The summed E-state index contributed by atoms with van der Waals surface area (Å²) < 4.78 is 38.6. The van der Waals surface area contributed by atoms with Gasteiger partial charge in [0.2, 0.25) is 0 Å². The molecule has 76 valence electrons. The summed E-state index contributed by atoms with van der Waals surface area (Å²) in [4.78, 5) is 0. The van der Waals surface area contributed by atoms with Gasteiger partial charge in [-0.15, -0.1) is 10.2 Å². The molecule has 0 aromatic carbocycles. The maximum absolute atomic E-state index is 12.5. The Hall–Kier alpha value is -2.10. The monoisotopic (exact) mass is 212 g/mol. The molecule has 0 radical (unpaired) electrons. The van der Waals surface area contributed by atoms with Gasteiger partial charge in [0.25, 0.3) is 0 Å². The van der Waals surface area contributed by atoms with Crippen molar-refractivity contribution in [3.05, 3.63) is 29.7 Å². The Bertz CT molecular complexity index is 549. The molecule has 0 aliphatic carbocycles. The molecule has 0 unspecified atom stereocenters. The maximum Gasteiger partial charge on any atom is 0.417 e. The second-order valence-corrected chi connectivity index (χ2v) is 2.81. The molecular weight excluding hydrogens is 209 g/mol. The van der Waals surface area contributed by atoms with Gasteiger partial charge in [-0.3, -0.25) is 4.40 Å². The largest absolute Gasteiger partial charge is 0.417 e. The van der Waals surface area contributed by atoms with Gasteiger partial charge in [-0.2, -0.15) is 18.4 Å². The van der Waals surface area contributed by atoms with E-state index in [0.717, 1.165) is 12.3 Å². The van der Waals surface area contributed by atoms with E-state index in [4.69, 9.17) is 5.26 Å². The quantitative estimate of drug-likeness (QED) is 0.666. The van der Waals surface area contributed by atoms with Crippen LogP contribution in [0.15, 0.2) is 18.6 Å². The van der Waals surface area contributed by atoms with Crippen molar-refractivity contribution in [1.82, 2.24) is 14.6 Å². The van der Waals surface area contributed by atoms with Crippen molar-refractivity contribution in [1.29, 1.82) is 5.26 Å². The molecule has 2 rings (SSSR count). The van der Waals surface area contributed by atoms with Crippen LogP contribution in [0.25, 0.3) is 5.65 Å². The van der Waals surface area contributed by atoms with Gasteiger partial charge in [0.1, 0.15) is 12.4 Å². The number of alkyl halides is 3. The first-order chi connectivity index (χ1) is 7.02. The number of fused-ring (bicyclic) bond motifs is 1. The van der Waals surface area contributed by atoms with E-state index in [0.29, 0.717) is 0 Å². The summed E-state index contributed by atoms with van der Waals surface area (Å²) in [7, 11) is 0. The Balaban J connectivity index is 2.77. The highest BCUT2D eigenvalue weighted by Crippen LogP contribution is 2.32. The van der Waals surface area contributed by atoms with Crippen molar-refractivity contribution >= 4 is 5.65 Å². The minimum atomic E-state index is -4.56. The van der Waals surface area contributed by atoms with Crippen molar-refractivity contribution in [2.45, 2.75) is 6.18 Å². The van der Waals surface area contributed by atoms with E-state index in [1.54, 1.807) is 0 Å². The van der Waals surface area contributed by atoms with Crippen LogP contribution in [0.2, 0.25) is 0 Å². The summed E-state index contributed by atoms with van der Waals surface area (Å²) in [5.41, 5.74) is -1.39. The molecule has 0 saturated heterocycles. The first-order valence-electron chi connectivity index (χ1n) is 3.83. The average Bonchev–Trinajstić information content (AvgIpc) is 2.60. The number of pyridine rings is 1. The summed E-state index contributed by atoms with van der Waals surface area (Å²) in [5.74, 6) is 0. The molecule has 2 aromatic heterocycles. The fraction of sp³-hybridized carbons (Fsp3) is 0.125. The van der Waals surface area contributed by atoms with Crippen LogP contribution in [0.1, 0.15) is 11.1 Å². The minimum absolute atomic E-state index is 0.0568. The van der Waals surface area contributed by atoms with Crippen LogP contribution in [0, 0.1) is 11.3 Å². The topological polar surface area (TPSA) is 54.0 Å². The predicted molar refractivity (Wildman–Crippen MR) is 42.7 cm³/mol. The lowest BCUT2D eigenvalue weighted by Crippen LogP contribution is -2.08. The third-order valence-corrected chi connectivity index (χ3v) is 1.86. The SMILES string of the molecule is N#Cc1cn2cnnc2cc1C(F)(F)F. The van der Waals surface area contributed by atoms with Crippen molar-refractivity contribution in [3.8, 4) is 6.07 Å². The van der Waals surface area contributed by atoms with Gasteiger partial charge in [-0.05, 0) is 6.07 Å². The van der Waals surface area contributed by atoms with Crippen LogP contribution in [0.5, 0.6) is 0 Å². The highest BCUT2D eigenvalue weighted by Gasteiger charge is 2.34. The van der Waals surface area contributed by atoms with E-state index < -0.39 is 17.3 Å². The highest BCUT2D eigenvalue weighted by molar-refractivity contribution is 5.48. The predicted octanol–water partition coefficient (Wildman–Crippen LogP) is 1.62. The molecule has 0 aliphatic heterocycles. The number of nitrogens with zero attached hydrogens (tertiary/aromatic N) is 4. The van der Waals surface area contributed by atoms with E-state index >= 15 is 0 Å². The zero-order valence-electron chi connectivity index (χ0n) is 7.15. The summed E-state index contributed by atoms with van der Waals surface area (Å²) in [6.07, 6.45) is -2.27. The van der Waals surface area contributed by atoms with E-state index in [1.807, 2.05) is 0 Å². The smallest absolute Gasteiger partial charge is 0.288 e. The summed E-state index contributed by atoms with van der Waals surface area (Å²) in [5, 5.41) is 15.5. The third kappa shape index (κ3) is 1.50. The fourth-order valence-corrected chi connectivity index (χ4v) is 1.19. The standard InChI is InChI=1S/C8H3F3N4/c9-8(10,11)6-1-7-14-13-4-15(7)3-5(6)2-12/h1,3-4H. The van der Waals surface area contributed by atoms with E-state index in [1.165, 1.54) is 16.8 Å². The lowest BCUT2D eigenvalue weighted by Gasteiger charge is -2.08. The fourth-order valence-electron chi connectivity index (χ4n) is 1.19. The molecule has 15 heavy (non-hydrogen) atoms. The lowest BCUT2D eigenvalue weighted by molar-refractivity contribution is -0.137. The van der Waals surface area contributed by atoms with Gasteiger partial charge in [0.15, 0.2) is 5.65 Å². The van der Waals surface area contributed by atoms with Crippen LogP contribution in [0.4, 0.5) is 13.2 Å². The number of halogens is 3. The van der Waals surface area contributed by atoms with Crippen LogP contribution >= 0.6 is 0 Å². The van der Waals surface area contributed by atoms with Crippen LogP contribution in [-0.4, -0.2) is 14.6 Å². The van der Waals surface area contributed by atoms with Gasteiger partial charge in [0.05, 0.1) is 11.1 Å². The average molecular weight is 212 g/mol. The number of aromatic nitrogens is 3. The third-order valence-electron chi connectivity index (χ3n) is 1.86. The van der Waals surface area contributed by atoms with Gasteiger partial charge in [-0.25, -0.2) is 0 Å². The van der Waals surface area contributed by atoms with Gasteiger partial charge < -0.3 is 0 Å². The zero-order valence-corrected chi connectivity index (χ0v) is 7.15. The zero-order chi connectivity index (χ0) is 11.1. The molecule has 0 atom stereocenters. The second kappa shape index (κ2) is 2.95. The molecule has 0 bridgehead atoms. The van der Waals surface area contributed by atoms with Crippen molar-refractivity contribution in [3.63, 3.8) is 0 Å². The Kier molecular flexibility index (Phi) is 1.86. The Morgan fingerprint density at radius 3 is 2.73 bits per heavy atom. The Morgan fingerprint density at radius 2 is 2.13 bits per heavy atom. The molecule has 4 nitrogen and oxygen atoms in total. The molecule has 2 aromatic rings. The first-order valence-corrected chi connectivity index (χ1v) is 3.83. The molecule has 0 N–H and O–H groups in total. The number of hydrogen-bond donors (Lipinski definition) is 0. The minimum Gasteiger partial charge on any atom is -0.288 e. The number of rotatable bonds is 0. The molecule has 0 saturated carbocycles. The summed E-state index contributed by atoms with van der Waals surface area (Å²) >= 11 is 0. The van der Waals surface area contributed by atoms with Crippen molar-refractivity contribution < 1.29 is 13.2 Å². The molecule has 7 heteroatoms. The van der Waals surface area contributed by atoms with Crippen molar-refractivity contribution in [2.24, 2.45) is 0 Å². The second-order valence-electron chi connectivity index (χ2n) is 2.81. The highest BCUT2D eigenvalue weighted by atomic mass is 19.4. The molecule has 0 fully saturated rings.